The fraction of sp³-hybridized carbons (Fsp3) is 0.143. The van der Waals surface area contributed by atoms with E-state index in [0.717, 1.165) is 11.3 Å². The van der Waals surface area contributed by atoms with Crippen LogP contribution in [0, 0.1) is 6.92 Å². The number of hydrogen-bond donors (Lipinski definition) is 1. The van der Waals surface area contributed by atoms with E-state index < -0.39 is 0 Å². The number of anilines is 1. The molecule has 0 amide bonds. The second-order valence-electron chi connectivity index (χ2n) is 2.42. The van der Waals surface area contributed by atoms with E-state index in [1.165, 1.54) is 0 Å². The third-order valence-corrected chi connectivity index (χ3v) is 1.62. The van der Waals surface area contributed by atoms with Crippen molar-refractivity contribution in [3.63, 3.8) is 0 Å². The maximum atomic E-state index is 5.60. The highest BCUT2D eigenvalue weighted by Gasteiger charge is 2.00. The molecule has 0 aliphatic rings. The average molecular weight is 148 g/mol. The largest absolute Gasteiger partial charge is 0.394 e. The molecule has 2 heterocycles. The topological polar surface area (TPSA) is 56.2 Å². The Bertz CT molecular complexity index is 390. The van der Waals surface area contributed by atoms with Crippen molar-refractivity contribution in [1.82, 2.24) is 14.6 Å². The number of aromatic nitrogens is 3. The number of nitrogens with two attached hydrogens (primary N) is 1. The molecular formula is C7H8N4. The summed E-state index contributed by atoms with van der Waals surface area (Å²) in [7, 11) is 0. The third-order valence-electron chi connectivity index (χ3n) is 1.62. The highest BCUT2D eigenvalue weighted by molar-refractivity contribution is 5.63. The fourth-order valence-electron chi connectivity index (χ4n) is 1.03. The van der Waals surface area contributed by atoms with Gasteiger partial charge in [-0.15, -0.1) is 0 Å². The molecule has 4 heteroatoms. The van der Waals surface area contributed by atoms with Crippen LogP contribution in [0.3, 0.4) is 0 Å². The molecule has 0 radical (unpaired) electrons. The van der Waals surface area contributed by atoms with Gasteiger partial charge in [-0.1, -0.05) is 0 Å². The Morgan fingerprint density at radius 1 is 1.55 bits per heavy atom. The fourth-order valence-corrected chi connectivity index (χ4v) is 1.03. The van der Waals surface area contributed by atoms with Gasteiger partial charge in [0.25, 0.3) is 0 Å². The maximum Gasteiger partial charge on any atom is 0.178 e. The van der Waals surface area contributed by atoms with E-state index in [1.54, 1.807) is 16.9 Å². The van der Waals surface area contributed by atoms with E-state index in [4.69, 9.17) is 5.73 Å². The minimum atomic E-state index is 0.619. The van der Waals surface area contributed by atoms with Gasteiger partial charge < -0.3 is 5.73 Å². The van der Waals surface area contributed by atoms with E-state index in [2.05, 4.69) is 10.1 Å². The van der Waals surface area contributed by atoms with Crippen molar-refractivity contribution in [2.45, 2.75) is 6.92 Å². The van der Waals surface area contributed by atoms with Crippen LogP contribution in [0.25, 0.3) is 5.65 Å². The summed E-state index contributed by atoms with van der Waals surface area (Å²) >= 11 is 0. The van der Waals surface area contributed by atoms with Crippen molar-refractivity contribution in [3.05, 3.63) is 24.2 Å². The first-order chi connectivity index (χ1) is 5.29. The molecule has 0 aliphatic heterocycles. The molecule has 0 unspecified atom stereocenters. The van der Waals surface area contributed by atoms with E-state index in [9.17, 15) is 0 Å². The molecule has 11 heavy (non-hydrogen) atoms. The molecule has 0 atom stereocenters. The van der Waals surface area contributed by atoms with Crippen LogP contribution in [-0.4, -0.2) is 14.6 Å². The highest BCUT2D eigenvalue weighted by Crippen LogP contribution is 2.09. The van der Waals surface area contributed by atoms with Gasteiger partial charge in [0.15, 0.2) is 5.65 Å². The van der Waals surface area contributed by atoms with Crippen LogP contribution in [0.5, 0.6) is 0 Å². The van der Waals surface area contributed by atoms with Gasteiger partial charge in [-0.3, -0.25) is 0 Å². The number of nitrogens with zero attached hydrogens (tertiary/aromatic N) is 3. The van der Waals surface area contributed by atoms with Gasteiger partial charge in [-0.25, -0.2) is 9.50 Å². The first kappa shape index (κ1) is 6.15. The molecule has 2 aromatic rings. The van der Waals surface area contributed by atoms with Crippen LogP contribution in [0.2, 0.25) is 0 Å². The maximum absolute atomic E-state index is 5.60. The lowest BCUT2D eigenvalue weighted by Crippen LogP contribution is -1.94. The molecule has 0 aromatic carbocycles. The van der Waals surface area contributed by atoms with Gasteiger partial charge in [-0.2, -0.15) is 5.10 Å². The second-order valence-corrected chi connectivity index (χ2v) is 2.42. The van der Waals surface area contributed by atoms with E-state index in [-0.39, 0.29) is 0 Å². The zero-order valence-corrected chi connectivity index (χ0v) is 6.15. The Labute approximate surface area is 63.7 Å². The van der Waals surface area contributed by atoms with Crippen LogP contribution in [0.1, 0.15) is 5.69 Å². The smallest absolute Gasteiger partial charge is 0.178 e. The SMILES string of the molecule is Cc1ccnc2c(N)cnn12. The van der Waals surface area contributed by atoms with Crippen molar-refractivity contribution in [2.24, 2.45) is 0 Å². The Balaban J connectivity index is 2.94. The Hall–Kier alpha value is -1.58. The van der Waals surface area contributed by atoms with Crippen molar-refractivity contribution in [1.29, 1.82) is 0 Å². The summed E-state index contributed by atoms with van der Waals surface area (Å²) in [5.41, 5.74) is 7.98. The first-order valence-corrected chi connectivity index (χ1v) is 3.34. The van der Waals surface area contributed by atoms with Gasteiger partial charge in [0.1, 0.15) is 0 Å². The van der Waals surface area contributed by atoms with Crippen LogP contribution in [0.4, 0.5) is 5.69 Å². The summed E-state index contributed by atoms with van der Waals surface area (Å²) in [5.74, 6) is 0. The molecule has 0 fully saturated rings. The van der Waals surface area contributed by atoms with Crippen LogP contribution < -0.4 is 5.73 Å². The molecule has 56 valence electrons. The van der Waals surface area contributed by atoms with Gasteiger partial charge in [-0.05, 0) is 13.0 Å². The lowest BCUT2D eigenvalue weighted by Gasteiger charge is -1.95. The van der Waals surface area contributed by atoms with Crippen molar-refractivity contribution in [3.8, 4) is 0 Å². The number of aryl methyl sites for hydroxylation is 1. The Morgan fingerprint density at radius 2 is 2.36 bits per heavy atom. The Kier molecular flexibility index (Phi) is 1.09. The molecule has 2 N–H and O–H groups in total. The van der Waals surface area contributed by atoms with Gasteiger partial charge in [0, 0.05) is 11.9 Å². The lowest BCUT2D eigenvalue weighted by atomic mass is 10.4. The zero-order chi connectivity index (χ0) is 7.84. The lowest BCUT2D eigenvalue weighted by molar-refractivity contribution is 0.895. The third kappa shape index (κ3) is 0.756. The average Bonchev–Trinajstić information content (AvgIpc) is 2.35. The summed E-state index contributed by atoms with van der Waals surface area (Å²) in [4.78, 5) is 4.08. The number of nitrogen functional groups attached to an aromatic ring is 1. The zero-order valence-electron chi connectivity index (χ0n) is 6.15. The van der Waals surface area contributed by atoms with Crippen LogP contribution in [0.15, 0.2) is 18.5 Å². The van der Waals surface area contributed by atoms with Crippen molar-refractivity contribution < 1.29 is 0 Å². The predicted octanol–water partition coefficient (Wildman–Crippen LogP) is 0.620. The summed E-state index contributed by atoms with van der Waals surface area (Å²) in [6, 6.07) is 1.89. The summed E-state index contributed by atoms with van der Waals surface area (Å²) in [5, 5.41) is 4.05. The molecule has 0 saturated carbocycles. The monoisotopic (exact) mass is 148 g/mol. The highest BCUT2D eigenvalue weighted by atomic mass is 15.3. The van der Waals surface area contributed by atoms with E-state index in [0.29, 0.717) is 5.69 Å². The molecule has 0 saturated heterocycles. The van der Waals surface area contributed by atoms with Gasteiger partial charge >= 0.3 is 0 Å². The molecule has 2 rings (SSSR count). The molecule has 0 aliphatic carbocycles. The summed E-state index contributed by atoms with van der Waals surface area (Å²) in [6.45, 7) is 1.96. The normalized spacial score (nSPS) is 10.6. The second kappa shape index (κ2) is 1.95. The molecule has 4 nitrogen and oxygen atoms in total. The van der Waals surface area contributed by atoms with Gasteiger partial charge in [0.05, 0.1) is 11.9 Å². The van der Waals surface area contributed by atoms with E-state index in [1.807, 2.05) is 13.0 Å². The minimum Gasteiger partial charge on any atom is -0.394 e. The molecular weight excluding hydrogens is 140 g/mol. The van der Waals surface area contributed by atoms with Crippen molar-refractivity contribution >= 4 is 11.3 Å². The quantitative estimate of drug-likeness (QED) is 0.595. The standard InChI is InChI=1S/C7H8N4/c1-5-2-3-9-7-6(8)4-10-11(5)7/h2-4H,8H2,1H3. The Morgan fingerprint density at radius 3 is 3.09 bits per heavy atom. The molecule has 0 spiro atoms. The summed E-state index contributed by atoms with van der Waals surface area (Å²) < 4.78 is 1.72. The molecule has 2 aromatic heterocycles. The van der Waals surface area contributed by atoms with Crippen molar-refractivity contribution in [2.75, 3.05) is 5.73 Å². The van der Waals surface area contributed by atoms with Crippen LogP contribution >= 0.6 is 0 Å². The predicted molar refractivity (Wildman–Crippen MR) is 42.1 cm³/mol. The van der Waals surface area contributed by atoms with E-state index >= 15 is 0 Å². The molecule has 0 bridgehead atoms. The number of hydrogen-bond acceptors (Lipinski definition) is 3. The minimum absolute atomic E-state index is 0.619. The number of fused-ring (bicyclic) bond motifs is 1. The number of rotatable bonds is 0. The summed E-state index contributed by atoms with van der Waals surface area (Å²) in [6.07, 6.45) is 3.33. The van der Waals surface area contributed by atoms with Gasteiger partial charge in [0.2, 0.25) is 0 Å². The first-order valence-electron chi connectivity index (χ1n) is 3.34. The van der Waals surface area contributed by atoms with Crippen LogP contribution in [-0.2, 0) is 0 Å².